The van der Waals surface area contributed by atoms with E-state index in [0.717, 1.165) is 5.75 Å². The van der Waals surface area contributed by atoms with Crippen LogP contribution in [0.1, 0.15) is 6.42 Å². The van der Waals surface area contributed by atoms with Crippen molar-refractivity contribution < 1.29 is 4.74 Å². The third-order valence-electron chi connectivity index (χ3n) is 1.55. The van der Waals surface area contributed by atoms with Crippen LogP contribution in [0.2, 0.25) is 5.02 Å². The second kappa shape index (κ2) is 6.13. The molecule has 0 N–H and O–H groups in total. The lowest BCUT2D eigenvalue weighted by atomic mass is 10.3. The Morgan fingerprint density at radius 1 is 1.36 bits per heavy atom. The fourth-order valence-corrected chi connectivity index (χ4v) is 1.03. The van der Waals surface area contributed by atoms with Gasteiger partial charge in [-0.25, -0.2) is 0 Å². The largest absolute Gasteiger partial charge is 0.494 e. The number of rotatable bonds is 5. The molecule has 1 rings (SSSR count). The Balaban J connectivity index is 2.24. The lowest BCUT2D eigenvalue weighted by molar-refractivity contribution is 0.313. The third kappa shape index (κ3) is 4.03. The number of halogens is 1. The molecule has 0 heterocycles. The molecule has 1 aromatic carbocycles. The summed E-state index contributed by atoms with van der Waals surface area (Å²) in [4.78, 5) is 2.64. The summed E-state index contributed by atoms with van der Waals surface area (Å²) in [6.07, 6.45) is 0.715. The van der Waals surface area contributed by atoms with Crippen LogP contribution in [0, 0.1) is 0 Å². The molecule has 1 aromatic rings. The van der Waals surface area contributed by atoms with E-state index in [1.807, 2.05) is 0 Å². The number of hydrogen-bond acceptors (Lipinski definition) is 2. The van der Waals surface area contributed by atoms with E-state index in [1.54, 1.807) is 24.3 Å². The maximum atomic E-state index is 8.02. The van der Waals surface area contributed by atoms with Gasteiger partial charge in [-0.1, -0.05) is 16.7 Å². The van der Waals surface area contributed by atoms with Crippen molar-refractivity contribution in [2.75, 3.05) is 13.2 Å². The maximum absolute atomic E-state index is 8.02. The topological polar surface area (TPSA) is 58.0 Å². The van der Waals surface area contributed by atoms with Gasteiger partial charge in [0.25, 0.3) is 0 Å². The van der Waals surface area contributed by atoms with Crippen LogP contribution in [0.15, 0.2) is 29.4 Å². The van der Waals surface area contributed by atoms with Crippen molar-refractivity contribution in [3.63, 3.8) is 0 Å². The average molecular weight is 212 g/mol. The minimum Gasteiger partial charge on any atom is -0.494 e. The van der Waals surface area contributed by atoms with Gasteiger partial charge in [-0.3, -0.25) is 0 Å². The van der Waals surface area contributed by atoms with Crippen LogP contribution in [0.3, 0.4) is 0 Å². The molecular formula is C9H10ClN3O. The van der Waals surface area contributed by atoms with Gasteiger partial charge in [-0.05, 0) is 36.2 Å². The smallest absolute Gasteiger partial charge is 0.119 e. The monoisotopic (exact) mass is 211 g/mol. The number of benzene rings is 1. The minimum atomic E-state index is 0.462. The first-order chi connectivity index (χ1) is 6.83. The van der Waals surface area contributed by atoms with Gasteiger partial charge in [0, 0.05) is 16.5 Å². The predicted octanol–water partition coefficient (Wildman–Crippen LogP) is 3.42. The second-order valence-electron chi connectivity index (χ2n) is 2.61. The molecule has 0 saturated heterocycles. The summed E-state index contributed by atoms with van der Waals surface area (Å²) in [7, 11) is 0. The Hall–Kier alpha value is -1.38. The van der Waals surface area contributed by atoms with Gasteiger partial charge in [0.05, 0.1) is 6.61 Å². The van der Waals surface area contributed by atoms with Crippen LogP contribution in [-0.2, 0) is 0 Å². The molecule has 0 amide bonds. The Morgan fingerprint density at radius 3 is 2.71 bits per heavy atom. The summed E-state index contributed by atoms with van der Waals surface area (Å²) in [5.41, 5.74) is 8.02. The zero-order valence-corrected chi connectivity index (χ0v) is 8.31. The van der Waals surface area contributed by atoms with Gasteiger partial charge in [-0.2, -0.15) is 0 Å². The predicted molar refractivity (Wildman–Crippen MR) is 55.6 cm³/mol. The minimum absolute atomic E-state index is 0.462. The van der Waals surface area contributed by atoms with Crippen molar-refractivity contribution in [1.82, 2.24) is 0 Å². The number of nitrogens with zero attached hydrogens (tertiary/aromatic N) is 3. The summed E-state index contributed by atoms with van der Waals surface area (Å²) in [5.74, 6) is 0.773. The number of ether oxygens (including phenoxy) is 1. The molecule has 0 aliphatic rings. The van der Waals surface area contributed by atoms with Crippen LogP contribution in [0.5, 0.6) is 5.75 Å². The average Bonchev–Trinajstić information content (AvgIpc) is 2.21. The van der Waals surface area contributed by atoms with E-state index in [9.17, 15) is 0 Å². The first-order valence-corrected chi connectivity index (χ1v) is 4.60. The van der Waals surface area contributed by atoms with Crippen molar-refractivity contribution in [3.8, 4) is 5.75 Å². The first kappa shape index (κ1) is 10.7. The normalized spacial score (nSPS) is 9.21. The van der Waals surface area contributed by atoms with Gasteiger partial charge >= 0.3 is 0 Å². The number of hydrogen-bond donors (Lipinski definition) is 0. The number of azide groups is 1. The summed E-state index contributed by atoms with van der Waals surface area (Å²) >= 11 is 5.70. The third-order valence-corrected chi connectivity index (χ3v) is 1.80. The molecule has 14 heavy (non-hydrogen) atoms. The van der Waals surface area contributed by atoms with Crippen molar-refractivity contribution in [2.45, 2.75) is 6.42 Å². The van der Waals surface area contributed by atoms with Gasteiger partial charge in [-0.15, -0.1) is 0 Å². The maximum Gasteiger partial charge on any atom is 0.119 e. The van der Waals surface area contributed by atoms with Gasteiger partial charge in [0.1, 0.15) is 5.75 Å². The summed E-state index contributed by atoms with van der Waals surface area (Å²) in [6.45, 7) is 1.00. The molecular weight excluding hydrogens is 202 g/mol. The molecule has 0 aliphatic carbocycles. The molecule has 74 valence electrons. The Kier molecular flexibility index (Phi) is 4.69. The van der Waals surface area contributed by atoms with Crippen LogP contribution in [0.4, 0.5) is 0 Å². The quantitative estimate of drug-likeness (QED) is 0.319. The zero-order valence-electron chi connectivity index (χ0n) is 7.56. The Bertz CT molecular complexity index is 319. The van der Waals surface area contributed by atoms with Gasteiger partial charge in [0.15, 0.2) is 0 Å². The summed E-state index contributed by atoms with van der Waals surface area (Å²) in [6, 6.07) is 7.14. The molecule has 5 heteroatoms. The Morgan fingerprint density at radius 2 is 2.07 bits per heavy atom. The van der Waals surface area contributed by atoms with Crippen LogP contribution >= 0.6 is 11.6 Å². The highest BCUT2D eigenvalue weighted by Gasteiger charge is 1.92. The molecule has 0 bridgehead atoms. The van der Waals surface area contributed by atoms with Crippen LogP contribution < -0.4 is 4.74 Å². The molecule has 4 nitrogen and oxygen atoms in total. The zero-order chi connectivity index (χ0) is 10.2. The standard InChI is InChI=1S/C9H10ClN3O/c10-8-2-4-9(5-3-8)14-7-1-6-12-13-11/h2-5H,1,6-7H2. The second-order valence-corrected chi connectivity index (χ2v) is 3.05. The Labute approximate surface area is 87.1 Å². The SMILES string of the molecule is [N-]=[N+]=NCCCOc1ccc(Cl)cc1. The van der Waals surface area contributed by atoms with Crippen molar-refractivity contribution in [1.29, 1.82) is 0 Å². The van der Waals surface area contributed by atoms with Gasteiger partial charge < -0.3 is 4.74 Å². The fraction of sp³-hybridized carbons (Fsp3) is 0.333. The molecule has 0 radical (unpaired) electrons. The molecule has 0 aliphatic heterocycles. The van der Waals surface area contributed by atoms with E-state index in [2.05, 4.69) is 10.0 Å². The van der Waals surface area contributed by atoms with Crippen LogP contribution in [0.25, 0.3) is 10.4 Å². The van der Waals surface area contributed by atoms with Crippen LogP contribution in [-0.4, -0.2) is 13.2 Å². The summed E-state index contributed by atoms with van der Waals surface area (Å²) < 4.78 is 5.37. The van der Waals surface area contributed by atoms with Crippen molar-refractivity contribution in [2.24, 2.45) is 5.11 Å². The van der Waals surface area contributed by atoms with E-state index in [4.69, 9.17) is 21.9 Å². The first-order valence-electron chi connectivity index (χ1n) is 4.22. The molecule has 0 spiro atoms. The molecule has 0 fully saturated rings. The van der Waals surface area contributed by atoms with Crippen molar-refractivity contribution in [3.05, 3.63) is 39.7 Å². The van der Waals surface area contributed by atoms with Gasteiger partial charge in [0.2, 0.25) is 0 Å². The highest BCUT2D eigenvalue weighted by Crippen LogP contribution is 2.15. The van der Waals surface area contributed by atoms with E-state index in [-0.39, 0.29) is 0 Å². The lowest BCUT2D eigenvalue weighted by Gasteiger charge is -2.03. The molecule has 0 saturated carbocycles. The highest BCUT2D eigenvalue weighted by atomic mass is 35.5. The van der Waals surface area contributed by atoms with E-state index in [0.29, 0.717) is 24.6 Å². The highest BCUT2D eigenvalue weighted by molar-refractivity contribution is 6.30. The molecule has 0 atom stereocenters. The fourth-order valence-electron chi connectivity index (χ4n) is 0.901. The molecule has 0 aromatic heterocycles. The van der Waals surface area contributed by atoms with E-state index < -0.39 is 0 Å². The van der Waals surface area contributed by atoms with E-state index >= 15 is 0 Å². The lowest BCUT2D eigenvalue weighted by Crippen LogP contribution is -1.98. The van der Waals surface area contributed by atoms with Crippen molar-refractivity contribution >= 4 is 11.6 Å². The van der Waals surface area contributed by atoms with E-state index in [1.165, 1.54) is 0 Å². The molecule has 0 unspecified atom stereocenters. The summed E-state index contributed by atoms with van der Waals surface area (Å²) in [5, 5.41) is 4.08.